The Hall–Kier alpha value is -2.96. The molecule has 1 unspecified atom stereocenters. The SMILES string of the molecule is C[C@@H]1CN(c2ccc(C#N)n3ncc(F)c23)Cc2c3c(nn21)CNC(C(C)(C)O)C3. The van der Waals surface area contributed by atoms with Crippen molar-refractivity contribution in [3.8, 4) is 6.07 Å². The topological polar surface area (TPSA) is 94.4 Å². The van der Waals surface area contributed by atoms with Gasteiger partial charge in [-0.15, -0.1) is 0 Å². The average Bonchev–Trinajstić information content (AvgIpc) is 3.28. The van der Waals surface area contributed by atoms with Crippen LogP contribution in [0.5, 0.6) is 0 Å². The highest BCUT2D eigenvalue weighted by Crippen LogP contribution is 2.35. The Morgan fingerprint density at radius 2 is 2.17 bits per heavy atom. The molecule has 8 nitrogen and oxygen atoms in total. The van der Waals surface area contributed by atoms with Gasteiger partial charge in [0.1, 0.15) is 17.3 Å². The Labute approximate surface area is 173 Å². The second-order valence-corrected chi connectivity index (χ2v) is 8.81. The summed E-state index contributed by atoms with van der Waals surface area (Å²) in [5.74, 6) is -0.442. The zero-order valence-electron chi connectivity index (χ0n) is 17.2. The van der Waals surface area contributed by atoms with Crippen LogP contribution < -0.4 is 10.2 Å². The fourth-order valence-corrected chi connectivity index (χ4v) is 4.68. The quantitative estimate of drug-likeness (QED) is 0.672. The number of nitriles is 1. The van der Waals surface area contributed by atoms with Gasteiger partial charge >= 0.3 is 0 Å². The monoisotopic (exact) mass is 409 g/mol. The molecule has 2 atom stereocenters. The molecule has 0 radical (unpaired) electrons. The van der Waals surface area contributed by atoms with Gasteiger partial charge in [0.05, 0.1) is 41.5 Å². The standard InChI is InChI=1S/C21H24FN7O/c1-12-10-27(17-5-4-13(7-23)29-20(17)15(22)8-25-29)11-18-14-6-19(21(2,3)30)24-9-16(14)26-28(12)18/h4-5,8,12,19,24,30H,6,9-11H2,1-3H3/t12-,19?/m1/s1. The van der Waals surface area contributed by atoms with Gasteiger partial charge in [-0.2, -0.15) is 15.5 Å². The molecule has 0 amide bonds. The van der Waals surface area contributed by atoms with Crippen molar-refractivity contribution in [1.82, 2.24) is 24.7 Å². The zero-order valence-corrected chi connectivity index (χ0v) is 17.2. The van der Waals surface area contributed by atoms with E-state index in [-0.39, 0.29) is 12.1 Å². The van der Waals surface area contributed by atoms with Crippen molar-refractivity contribution >= 4 is 11.2 Å². The summed E-state index contributed by atoms with van der Waals surface area (Å²) >= 11 is 0. The average molecular weight is 409 g/mol. The molecule has 156 valence electrons. The molecule has 0 aromatic carbocycles. The number of fused-ring (bicyclic) bond motifs is 4. The Morgan fingerprint density at radius 1 is 1.37 bits per heavy atom. The van der Waals surface area contributed by atoms with Crippen LogP contribution in [0.25, 0.3) is 5.52 Å². The second-order valence-electron chi connectivity index (χ2n) is 8.81. The van der Waals surface area contributed by atoms with E-state index in [1.54, 1.807) is 12.1 Å². The van der Waals surface area contributed by atoms with Crippen molar-refractivity contribution in [2.45, 2.75) is 58.0 Å². The number of aromatic nitrogens is 4. The third kappa shape index (κ3) is 2.79. The van der Waals surface area contributed by atoms with Crippen molar-refractivity contribution in [3.05, 3.63) is 46.8 Å². The second kappa shape index (κ2) is 6.52. The van der Waals surface area contributed by atoms with Gasteiger partial charge in [-0.05, 0) is 39.3 Å². The first-order valence-electron chi connectivity index (χ1n) is 10.1. The van der Waals surface area contributed by atoms with Gasteiger partial charge in [0.15, 0.2) is 5.82 Å². The van der Waals surface area contributed by atoms with Crippen molar-refractivity contribution in [3.63, 3.8) is 0 Å². The number of nitrogens with zero attached hydrogens (tertiary/aromatic N) is 6. The first-order valence-corrected chi connectivity index (χ1v) is 10.1. The minimum absolute atomic E-state index is 0.0570. The maximum Gasteiger partial charge on any atom is 0.171 e. The largest absolute Gasteiger partial charge is 0.389 e. The summed E-state index contributed by atoms with van der Waals surface area (Å²) in [5.41, 5.74) is 3.76. The molecule has 3 aromatic heterocycles. The summed E-state index contributed by atoms with van der Waals surface area (Å²) in [6.45, 7) is 7.60. The van der Waals surface area contributed by atoms with Crippen LogP contribution in [0.15, 0.2) is 18.3 Å². The normalized spacial score (nSPS) is 21.4. The highest BCUT2D eigenvalue weighted by molar-refractivity contribution is 5.75. The molecule has 9 heteroatoms. The molecule has 5 heterocycles. The Morgan fingerprint density at radius 3 is 2.90 bits per heavy atom. The number of rotatable bonds is 2. The number of nitrogens with one attached hydrogen (secondary N) is 1. The number of hydrogen-bond acceptors (Lipinski definition) is 6. The molecule has 2 aliphatic heterocycles. The van der Waals surface area contributed by atoms with Crippen molar-refractivity contribution < 1.29 is 9.50 Å². The van der Waals surface area contributed by atoms with E-state index >= 15 is 0 Å². The van der Waals surface area contributed by atoms with E-state index in [9.17, 15) is 14.8 Å². The molecular weight excluding hydrogens is 385 g/mol. The van der Waals surface area contributed by atoms with Gasteiger partial charge in [0.2, 0.25) is 0 Å². The van der Waals surface area contributed by atoms with Crippen LogP contribution in [-0.4, -0.2) is 42.7 Å². The van der Waals surface area contributed by atoms with Crippen LogP contribution in [-0.2, 0) is 19.5 Å². The van der Waals surface area contributed by atoms with Gasteiger partial charge in [0.25, 0.3) is 0 Å². The van der Waals surface area contributed by atoms with Crippen molar-refractivity contribution in [2.75, 3.05) is 11.4 Å². The molecule has 30 heavy (non-hydrogen) atoms. The van der Waals surface area contributed by atoms with Crippen LogP contribution in [0.2, 0.25) is 0 Å². The number of pyridine rings is 1. The predicted octanol–water partition coefficient (Wildman–Crippen LogP) is 1.91. The van der Waals surface area contributed by atoms with E-state index in [4.69, 9.17) is 5.10 Å². The molecule has 2 aliphatic rings. The smallest absolute Gasteiger partial charge is 0.171 e. The van der Waals surface area contributed by atoms with Gasteiger partial charge in [-0.1, -0.05) is 0 Å². The minimum Gasteiger partial charge on any atom is -0.389 e. The fourth-order valence-electron chi connectivity index (χ4n) is 4.68. The molecule has 0 aliphatic carbocycles. The Kier molecular flexibility index (Phi) is 4.14. The summed E-state index contributed by atoms with van der Waals surface area (Å²) in [6, 6.07) is 5.58. The molecule has 0 saturated carbocycles. The van der Waals surface area contributed by atoms with Crippen molar-refractivity contribution in [1.29, 1.82) is 5.26 Å². The molecule has 5 rings (SSSR count). The lowest BCUT2D eigenvalue weighted by Crippen LogP contribution is -2.50. The lowest BCUT2D eigenvalue weighted by molar-refractivity contribution is 0.0343. The summed E-state index contributed by atoms with van der Waals surface area (Å²) in [6.07, 6.45) is 1.84. The third-order valence-corrected chi connectivity index (χ3v) is 6.27. The van der Waals surface area contributed by atoms with E-state index in [2.05, 4.69) is 33.0 Å². The predicted molar refractivity (Wildman–Crippen MR) is 108 cm³/mol. The van der Waals surface area contributed by atoms with Gasteiger partial charge < -0.3 is 15.3 Å². The first kappa shape index (κ1) is 19.0. The Balaban J connectivity index is 1.57. The molecule has 3 aromatic rings. The molecule has 0 saturated heterocycles. The van der Waals surface area contributed by atoms with Gasteiger partial charge in [0, 0.05) is 24.7 Å². The van der Waals surface area contributed by atoms with E-state index in [1.165, 1.54) is 4.52 Å². The van der Waals surface area contributed by atoms with Gasteiger partial charge in [-0.25, -0.2) is 8.91 Å². The summed E-state index contributed by atoms with van der Waals surface area (Å²) in [7, 11) is 0. The highest BCUT2D eigenvalue weighted by atomic mass is 19.1. The van der Waals surface area contributed by atoms with Crippen LogP contribution in [0.1, 0.15) is 49.5 Å². The third-order valence-electron chi connectivity index (χ3n) is 6.27. The lowest BCUT2D eigenvalue weighted by atomic mass is 9.88. The van der Waals surface area contributed by atoms with Crippen LogP contribution in [0.3, 0.4) is 0 Å². The maximum atomic E-state index is 14.6. The van der Waals surface area contributed by atoms with E-state index in [1.807, 2.05) is 13.8 Å². The molecule has 0 fully saturated rings. The molecule has 0 spiro atoms. The first-order chi connectivity index (χ1) is 14.3. The maximum absolute atomic E-state index is 14.6. The number of hydrogen-bond donors (Lipinski definition) is 2. The van der Waals surface area contributed by atoms with Crippen LogP contribution in [0, 0.1) is 17.1 Å². The molecular formula is C21H24FN7O. The summed E-state index contributed by atoms with van der Waals surface area (Å²) in [4.78, 5) is 2.13. The van der Waals surface area contributed by atoms with Crippen LogP contribution >= 0.6 is 0 Å². The molecule has 2 N–H and O–H groups in total. The summed E-state index contributed by atoms with van der Waals surface area (Å²) < 4.78 is 18.0. The number of aliphatic hydroxyl groups is 1. The van der Waals surface area contributed by atoms with Crippen LogP contribution in [0.4, 0.5) is 10.1 Å². The lowest BCUT2D eigenvalue weighted by Gasteiger charge is -2.36. The summed E-state index contributed by atoms with van der Waals surface area (Å²) in [5, 5.41) is 32.1. The van der Waals surface area contributed by atoms with E-state index in [0.717, 1.165) is 23.1 Å². The Bertz CT molecular complexity index is 1180. The van der Waals surface area contributed by atoms with Crippen molar-refractivity contribution in [2.24, 2.45) is 0 Å². The minimum atomic E-state index is -0.841. The number of halogens is 1. The highest BCUT2D eigenvalue weighted by Gasteiger charge is 2.36. The van der Waals surface area contributed by atoms with E-state index in [0.29, 0.717) is 43.0 Å². The molecule has 0 bridgehead atoms. The fraction of sp³-hybridized carbons (Fsp3) is 0.476. The number of anilines is 1. The van der Waals surface area contributed by atoms with E-state index < -0.39 is 11.4 Å². The zero-order chi connectivity index (χ0) is 21.2. The van der Waals surface area contributed by atoms with Gasteiger partial charge in [-0.3, -0.25) is 4.68 Å².